The minimum absolute atomic E-state index is 0. The molecular formula is C10H19BrFNO2. The van der Waals surface area contributed by atoms with Gasteiger partial charge in [-0.25, -0.2) is 4.39 Å². The SMILES string of the molecule is CC(C)(C)C(=O)OCC(=CF)CCBr.N. The first-order valence-electron chi connectivity index (χ1n) is 4.43. The number of hydrogen-bond donors (Lipinski definition) is 1. The summed E-state index contributed by atoms with van der Waals surface area (Å²) in [7, 11) is 0. The summed E-state index contributed by atoms with van der Waals surface area (Å²) < 4.78 is 17.2. The zero-order valence-electron chi connectivity index (χ0n) is 9.48. The quantitative estimate of drug-likeness (QED) is 0.636. The maximum atomic E-state index is 12.2. The Morgan fingerprint density at radius 3 is 2.33 bits per heavy atom. The van der Waals surface area contributed by atoms with Crippen molar-refractivity contribution < 1.29 is 13.9 Å². The van der Waals surface area contributed by atoms with E-state index in [1.165, 1.54) is 0 Å². The molecule has 0 aromatic heterocycles. The fourth-order valence-electron chi connectivity index (χ4n) is 0.654. The number of carbonyl (C=O) groups excluding carboxylic acids is 1. The Morgan fingerprint density at radius 2 is 2.00 bits per heavy atom. The summed E-state index contributed by atoms with van der Waals surface area (Å²) in [5, 5.41) is 0.663. The highest BCUT2D eigenvalue weighted by atomic mass is 79.9. The van der Waals surface area contributed by atoms with Crippen molar-refractivity contribution in [2.24, 2.45) is 5.41 Å². The predicted molar refractivity (Wildman–Crippen MR) is 63.0 cm³/mol. The van der Waals surface area contributed by atoms with E-state index in [-0.39, 0.29) is 18.7 Å². The molecule has 0 aromatic carbocycles. The van der Waals surface area contributed by atoms with Crippen LogP contribution in [0.25, 0.3) is 0 Å². The molecule has 0 aliphatic heterocycles. The van der Waals surface area contributed by atoms with E-state index < -0.39 is 5.41 Å². The summed E-state index contributed by atoms with van der Waals surface area (Å²) in [6.45, 7) is 5.33. The second-order valence-corrected chi connectivity index (χ2v) is 4.83. The van der Waals surface area contributed by atoms with Crippen LogP contribution in [0.5, 0.6) is 0 Å². The van der Waals surface area contributed by atoms with Gasteiger partial charge in [0, 0.05) is 5.33 Å². The monoisotopic (exact) mass is 283 g/mol. The molecule has 0 spiro atoms. The molecule has 0 amide bonds. The summed E-state index contributed by atoms with van der Waals surface area (Å²) in [5.74, 6) is -0.313. The molecule has 0 atom stereocenters. The van der Waals surface area contributed by atoms with Crippen LogP contribution in [0.15, 0.2) is 11.9 Å². The molecule has 0 unspecified atom stereocenters. The Kier molecular flexibility index (Phi) is 8.86. The van der Waals surface area contributed by atoms with Crippen LogP contribution in [0.4, 0.5) is 4.39 Å². The zero-order chi connectivity index (χ0) is 11.2. The molecule has 0 saturated heterocycles. The molecule has 90 valence electrons. The van der Waals surface area contributed by atoms with Gasteiger partial charge >= 0.3 is 5.97 Å². The fraction of sp³-hybridized carbons (Fsp3) is 0.700. The lowest BCUT2D eigenvalue weighted by Gasteiger charge is -2.16. The molecule has 0 bridgehead atoms. The van der Waals surface area contributed by atoms with E-state index in [9.17, 15) is 9.18 Å². The van der Waals surface area contributed by atoms with Crippen LogP contribution in [-0.4, -0.2) is 17.9 Å². The van der Waals surface area contributed by atoms with Gasteiger partial charge in [-0.1, -0.05) is 15.9 Å². The van der Waals surface area contributed by atoms with Gasteiger partial charge in [0.25, 0.3) is 0 Å². The van der Waals surface area contributed by atoms with E-state index >= 15 is 0 Å². The van der Waals surface area contributed by atoms with Crippen LogP contribution in [0, 0.1) is 5.41 Å². The molecule has 5 heteroatoms. The minimum Gasteiger partial charge on any atom is -0.461 e. The lowest BCUT2D eigenvalue weighted by Crippen LogP contribution is -2.23. The molecule has 0 saturated carbocycles. The van der Waals surface area contributed by atoms with Gasteiger partial charge in [0.1, 0.15) is 6.61 Å². The predicted octanol–water partition coefficient (Wildman–Crippen LogP) is 3.38. The summed E-state index contributed by atoms with van der Waals surface area (Å²) in [4.78, 5) is 11.3. The maximum absolute atomic E-state index is 12.2. The van der Waals surface area contributed by atoms with Crippen LogP contribution in [-0.2, 0) is 9.53 Å². The fourth-order valence-corrected chi connectivity index (χ4v) is 1.16. The van der Waals surface area contributed by atoms with Crippen LogP contribution in [0.1, 0.15) is 27.2 Å². The third kappa shape index (κ3) is 7.50. The second-order valence-electron chi connectivity index (χ2n) is 4.03. The third-order valence-corrected chi connectivity index (χ3v) is 1.97. The number of halogens is 2. The molecule has 0 rings (SSSR count). The molecule has 0 aromatic rings. The van der Waals surface area contributed by atoms with E-state index in [1.807, 2.05) is 0 Å². The first kappa shape index (κ1) is 17.0. The molecular weight excluding hydrogens is 265 g/mol. The second kappa shape index (κ2) is 7.82. The maximum Gasteiger partial charge on any atom is 0.311 e. The minimum atomic E-state index is -0.532. The molecule has 0 fully saturated rings. The van der Waals surface area contributed by atoms with Crippen molar-refractivity contribution in [1.29, 1.82) is 0 Å². The smallest absolute Gasteiger partial charge is 0.311 e. The lowest BCUT2D eigenvalue weighted by atomic mass is 9.97. The Hall–Kier alpha value is -0.420. The number of ether oxygens (including phenoxy) is 1. The van der Waals surface area contributed by atoms with Gasteiger partial charge in [-0.2, -0.15) is 0 Å². The summed E-state index contributed by atoms with van der Waals surface area (Å²) >= 11 is 3.19. The summed E-state index contributed by atoms with van der Waals surface area (Å²) in [6, 6.07) is 0. The van der Waals surface area contributed by atoms with Crippen LogP contribution >= 0.6 is 15.9 Å². The molecule has 3 nitrogen and oxygen atoms in total. The van der Waals surface area contributed by atoms with Gasteiger partial charge in [-0.3, -0.25) is 4.79 Å². The highest BCUT2D eigenvalue weighted by molar-refractivity contribution is 9.09. The molecule has 0 radical (unpaired) electrons. The van der Waals surface area contributed by atoms with Crippen molar-refractivity contribution in [2.45, 2.75) is 27.2 Å². The zero-order valence-corrected chi connectivity index (χ0v) is 11.1. The number of esters is 1. The van der Waals surface area contributed by atoms with Gasteiger partial charge in [-0.15, -0.1) is 0 Å². The van der Waals surface area contributed by atoms with E-state index in [4.69, 9.17) is 4.74 Å². The van der Waals surface area contributed by atoms with Crippen molar-refractivity contribution in [3.05, 3.63) is 11.9 Å². The molecule has 0 aliphatic carbocycles. The number of hydrogen-bond acceptors (Lipinski definition) is 3. The standard InChI is InChI=1S/C10H16BrFO2.H3N/c1-10(2,3)9(13)14-7-8(6-12)4-5-11;/h6H,4-5,7H2,1-3H3;1H3. The first-order valence-corrected chi connectivity index (χ1v) is 5.55. The van der Waals surface area contributed by atoms with Gasteiger partial charge in [0.05, 0.1) is 11.7 Å². The Balaban J connectivity index is 0. The molecule has 0 heterocycles. The van der Waals surface area contributed by atoms with Crippen LogP contribution < -0.4 is 6.15 Å². The Bertz CT molecular complexity index is 224. The first-order chi connectivity index (χ1) is 6.41. The highest BCUT2D eigenvalue weighted by Crippen LogP contribution is 2.16. The van der Waals surface area contributed by atoms with Crippen molar-refractivity contribution in [2.75, 3.05) is 11.9 Å². The molecule has 15 heavy (non-hydrogen) atoms. The van der Waals surface area contributed by atoms with E-state index in [0.29, 0.717) is 23.7 Å². The van der Waals surface area contributed by atoms with Gasteiger partial charge in [-0.05, 0) is 32.8 Å². The van der Waals surface area contributed by atoms with Gasteiger partial charge in [0.2, 0.25) is 0 Å². The summed E-state index contributed by atoms with van der Waals surface area (Å²) in [5.41, 5.74) is -0.0463. The highest BCUT2D eigenvalue weighted by Gasteiger charge is 2.23. The number of alkyl halides is 1. The number of carbonyl (C=O) groups is 1. The Labute approximate surface area is 98.8 Å². The molecule has 0 aliphatic rings. The van der Waals surface area contributed by atoms with E-state index in [1.54, 1.807) is 20.8 Å². The van der Waals surface area contributed by atoms with Crippen molar-refractivity contribution in [3.8, 4) is 0 Å². The van der Waals surface area contributed by atoms with Gasteiger partial charge in [0.15, 0.2) is 0 Å². The average molecular weight is 284 g/mol. The van der Waals surface area contributed by atoms with Crippen LogP contribution in [0.2, 0.25) is 0 Å². The summed E-state index contributed by atoms with van der Waals surface area (Å²) in [6.07, 6.45) is 1.05. The topological polar surface area (TPSA) is 61.3 Å². The molecule has 3 N–H and O–H groups in total. The van der Waals surface area contributed by atoms with Crippen molar-refractivity contribution >= 4 is 21.9 Å². The van der Waals surface area contributed by atoms with E-state index in [0.717, 1.165) is 0 Å². The van der Waals surface area contributed by atoms with Crippen molar-refractivity contribution in [1.82, 2.24) is 6.15 Å². The Morgan fingerprint density at radius 1 is 1.47 bits per heavy atom. The number of rotatable bonds is 4. The largest absolute Gasteiger partial charge is 0.461 e. The van der Waals surface area contributed by atoms with Crippen LogP contribution in [0.3, 0.4) is 0 Å². The van der Waals surface area contributed by atoms with Crippen molar-refractivity contribution in [3.63, 3.8) is 0 Å². The van der Waals surface area contributed by atoms with Gasteiger partial charge < -0.3 is 10.9 Å². The van der Waals surface area contributed by atoms with E-state index in [2.05, 4.69) is 15.9 Å². The normalized spacial score (nSPS) is 11.9. The third-order valence-electron chi connectivity index (χ3n) is 1.57. The average Bonchev–Trinajstić information content (AvgIpc) is 2.10. The lowest BCUT2D eigenvalue weighted by molar-refractivity contribution is -0.151.